The van der Waals surface area contributed by atoms with Gasteiger partial charge in [0.05, 0.1) is 23.2 Å². The van der Waals surface area contributed by atoms with Crippen LogP contribution < -0.4 is 5.32 Å². The summed E-state index contributed by atoms with van der Waals surface area (Å²) in [4.78, 5) is 0. The standard InChI is InChI=1S/C15H29NO3S/c1-4-16-10-13(12-6-8-20(17,18)11-12)9-14-5-7-15(2,3)19-14/h12-14,16H,4-11H2,1-3H3. The van der Waals surface area contributed by atoms with Crippen LogP contribution in [0.1, 0.15) is 46.5 Å². The van der Waals surface area contributed by atoms with Crippen LogP contribution >= 0.6 is 0 Å². The maximum atomic E-state index is 11.7. The largest absolute Gasteiger partial charge is 0.372 e. The first-order chi connectivity index (χ1) is 9.31. The zero-order valence-corrected chi connectivity index (χ0v) is 13.8. The number of sulfone groups is 1. The van der Waals surface area contributed by atoms with Gasteiger partial charge in [0.15, 0.2) is 9.84 Å². The Labute approximate surface area is 123 Å². The van der Waals surface area contributed by atoms with Gasteiger partial charge in [-0.3, -0.25) is 0 Å². The van der Waals surface area contributed by atoms with Gasteiger partial charge in [-0.25, -0.2) is 8.42 Å². The Morgan fingerprint density at radius 2 is 2.10 bits per heavy atom. The Hall–Kier alpha value is -0.130. The van der Waals surface area contributed by atoms with E-state index in [-0.39, 0.29) is 5.60 Å². The van der Waals surface area contributed by atoms with Gasteiger partial charge in [-0.15, -0.1) is 0 Å². The van der Waals surface area contributed by atoms with E-state index in [1.54, 1.807) is 0 Å². The number of rotatable bonds is 6. The lowest BCUT2D eigenvalue weighted by Gasteiger charge is -2.27. The van der Waals surface area contributed by atoms with Crippen LogP contribution in [0, 0.1) is 11.8 Å². The third-order valence-corrected chi connectivity index (χ3v) is 6.50. The molecule has 20 heavy (non-hydrogen) atoms. The van der Waals surface area contributed by atoms with Crippen molar-refractivity contribution in [3.63, 3.8) is 0 Å². The zero-order valence-electron chi connectivity index (χ0n) is 13.0. The van der Waals surface area contributed by atoms with Crippen LogP contribution in [0.15, 0.2) is 0 Å². The zero-order chi connectivity index (χ0) is 14.8. The molecule has 3 atom stereocenters. The third kappa shape index (κ3) is 4.43. The molecule has 5 heteroatoms. The Morgan fingerprint density at radius 1 is 1.35 bits per heavy atom. The van der Waals surface area contributed by atoms with Crippen molar-refractivity contribution in [1.82, 2.24) is 5.32 Å². The van der Waals surface area contributed by atoms with Gasteiger partial charge in [-0.2, -0.15) is 0 Å². The van der Waals surface area contributed by atoms with E-state index < -0.39 is 9.84 Å². The fourth-order valence-corrected chi connectivity index (χ4v) is 5.47. The summed E-state index contributed by atoms with van der Waals surface area (Å²) in [5.74, 6) is 1.48. The van der Waals surface area contributed by atoms with Crippen LogP contribution in [0.4, 0.5) is 0 Å². The Kier molecular flexibility index (Phi) is 5.14. The van der Waals surface area contributed by atoms with Crippen LogP contribution in [0.25, 0.3) is 0 Å². The molecular weight excluding hydrogens is 274 g/mol. The molecule has 4 nitrogen and oxygen atoms in total. The highest BCUT2D eigenvalue weighted by molar-refractivity contribution is 7.91. The average Bonchev–Trinajstić information content (AvgIpc) is 2.87. The molecule has 0 bridgehead atoms. The van der Waals surface area contributed by atoms with E-state index in [2.05, 4.69) is 26.1 Å². The van der Waals surface area contributed by atoms with Gasteiger partial charge in [0.1, 0.15) is 0 Å². The SMILES string of the molecule is CCNCC(CC1CCC(C)(C)O1)C1CCS(=O)(=O)C1. The number of hydrogen-bond acceptors (Lipinski definition) is 4. The maximum absolute atomic E-state index is 11.7. The van der Waals surface area contributed by atoms with Gasteiger partial charge in [-0.05, 0) is 64.5 Å². The summed E-state index contributed by atoms with van der Waals surface area (Å²) in [6.45, 7) is 8.24. The van der Waals surface area contributed by atoms with E-state index in [1.807, 2.05) is 0 Å². The molecule has 0 saturated carbocycles. The summed E-state index contributed by atoms with van der Waals surface area (Å²) < 4.78 is 29.5. The van der Waals surface area contributed by atoms with Crippen LogP contribution in [0.3, 0.4) is 0 Å². The monoisotopic (exact) mass is 303 g/mol. The molecule has 0 spiro atoms. The van der Waals surface area contributed by atoms with Gasteiger partial charge in [-0.1, -0.05) is 6.92 Å². The van der Waals surface area contributed by atoms with Crippen molar-refractivity contribution >= 4 is 9.84 Å². The van der Waals surface area contributed by atoms with Crippen molar-refractivity contribution in [2.45, 2.75) is 58.2 Å². The number of hydrogen-bond donors (Lipinski definition) is 1. The quantitative estimate of drug-likeness (QED) is 0.815. The van der Waals surface area contributed by atoms with Gasteiger partial charge in [0.2, 0.25) is 0 Å². The lowest BCUT2D eigenvalue weighted by atomic mass is 9.86. The summed E-state index contributed by atoms with van der Waals surface area (Å²) in [5.41, 5.74) is -0.00481. The molecule has 118 valence electrons. The minimum absolute atomic E-state index is 0.00481. The van der Waals surface area contributed by atoms with Crippen LogP contribution in [0.2, 0.25) is 0 Å². The van der Waals surface area contributed by atoms with Gasteiger partial charge < -0.3 is 10.1 Å². The Morgan fingerprint density at radius 3 is 2.60 bits per heavy atom. The van der Waals surface area contributed by atoms with Crippen LogP contribution in [-0.2, 0) is 14.6 Å². The molecule has 2 saturated heterocycles. The smallest absolute Gasteiger partial charge is 0.150 e. The number of nitrogens with one attached hydrogen (secondary N) is 1. The Balaban J connectivity index is 1.94. The lowest BCUT2D eigenvalue weighted by molar-refractivity contribution is -0.0273. The van der Waals surface area contributed by atoms with Crippen molar-refractivity contribution in [2.24, 2.45) is 11.8 Å². The highest BCUT2D eigenvalue weighted by Gasteiger charge is 2.38. The highest BCUT2D eigenvalue weighted by Crippen LogP contribution is 2.36. The normalized spacial score (nSPS) is 33.4. The third-order valence-electron chi connectivity index (χ3n) is 4.71. The van der Waals surface area contributed by atoms with E-state index in [0.29, 0.717) is 29.4 Å². The van der Waals surface area contributed by atoms with Gasteiger partial charge in [0.25, 0.3) is 0 Å². The average molecular weight is 303 g/mol. The summed E-state index contributed by atoms with van der Waals surface area (Å²) in [5, 5.41) is 3.40. The molecule has 2 aliphatic rings. The minimum Gasteiger partial charge on any atom is -0.372 e. The predicted octanol–water partition coefficient (Wildman–Crippen LogP) is 1.99. The topological polar surface area (TPSA) is 55.4 Å². The molecule has 0 aromatic rings. The van der Waals surface area contributed by atoms with E-state index in [1.165, 1.54) is 0 Å². The second-order valence-electron chi connectivity index (χ2n) is 7.00. The Bertz CT molecular complexity index is 419. The second-order valence-corrected chi connectivity index (χ2v) is 9.23. The molecule has 0 radical (unpaired) electrons. The molecule has 2 aliphatic heterocycles. The number of ether oxygens (including phenoxy) is 1. The molecule has 0 aromatic heterocycles. The van der Waals surface area contributed by atoms with E-state index in [4.69, 9.17) is 4.74 Å². The molecule has 0 aliphatic carbocycles. The van der Waals surface area contributed by atoms with Crippen molar-refractivity contribution in [3.05, 3.63) is 0 Å². The highest BCUT2D eigenvalue weighted by atomic mass is 32.2. The second kappa shape index (κ2) is 6.32. The van der Waals surface area contributed by atoms with Gasteiger partial charge >= 0.3 is 0 Å². The fourth-order valence-electron chi connectivity index (χ4n) is 3.55. The molecule has 1 N–H and O–H groups in total. The molecule has 2 rings (SSSR count). The molecule has 2 fully saturated rings. The predicted molar refractivity (Wildman–Crippen MR) is 81.6 cm³/mol. The first-order valence-corrected chi connectivity index (χ1v) is 9.72. The molecule has 0 aromatic carbocycles. The van der Waals surface area contributed by atoms with Crippen LogP contribution in [-0.4, -0.2) is 44.7 Å². The summed E-state index contributed by atoms with van der Waals surface area (Å²) in [7, 11) is -2.79. The summed E-state index contributed by atoms with van der Waals surface area (Å²) >= 11 is 0. The summed E-state index contributed by atoms with van der Waals surface area (Å²) in [6.07, 6.45) is 4.34. The van der Waals surface area contributed by atoms with E-state index in [9.17, 15) is 8.42 Å². The molecule has 2 heterocycles. The first kappa shape index (κ1) is 16.2. The fraction of sp³-hybridized carbons (Fsp3) is 1.00. The van der Waals surface area contributed by atoms with Crippen LogP contribution in [0.5, 0.6) is 0 Å². The van der Waals surface area contributed by atoms with Crippen molar-refractivity contribution < 1.29 is 13.2 Å². The van der Waals surface area contributed by atoms with E-state index >= 15 is 0 Å². The lowest BCUT2D eigenvalue weighted by Crippen LogP contribution is -2.32. The summed E-state index contributed by atoms with van der Waals surface area (Å²) in [6, 6.07) is 0. The van der Waals surface area contributed by atoms with Crippen molar-refractivity contribution in [1.29, 1.82) is 0 Å². The maximum Gasteiger partial charge on any atom is 0.150 e. The minimum atomic E-state index is -2.79. The molecule has 0 amide bonds. The molecular formula is C15H29NO3S. The van der Waals surface area contributed by atoms with E-state index in [0.717, 1.165) is 38.8 Å². The van der Waals surface area contributed by atoms with Crippen molar-refractivity contribution in [2.75, 3.05) is 24.6 Å². The van der Waals surface area contributed by atoms with Gasteiger partial charge in [0, 0.05) is 0 Å². The van der Waals surface area contributed by atoms with Crippen molar-refractivity contribution in [3.8, 4) is 0 Å². The molecule has 3 unspecified atom stereocenters. The first-order valence-electron chi connectivity index (χ1n) is 7.90.